The van der Waals surface area contributed by atoms with Gasteiger partial charge in [0.15, 0.2) is 5.60 Å². The molecular weight excluding hydrogens is 397 g/mol. The summed E-state index contributed by atoms with van der Waals surface area (Å²) in [6.07, 6.45) is -3.16. The number of ether oxygens (including phenoxy) is 2. The van der Waals surface area contributed by atoms with Crippen molar-refractivity contribution >= 4 is 5.97 Å². The molecular formula is C23H23F3O4. The van der Waals surface area contributed by atoms with Gasteiger partial charge in [0.05, 0.1) is 12.2 Å². The number of hydrogen-bond acceptors (Lipinski definition) is 3. The van der Waals surface area contributed by atoms with Crippen molar-refractivity contribution < 1.29 is 32.5 Å². The zero-order chi connectivity index (χ0) is 22.4. The molecule has 0 fully saturated rings. The molecule has 0 aliphatic carbocycles. The lowest BCUT2D eigenvalue weighted by Gasteiger charge is -2.23. The molecule has 7 heteroatoms. The van der Waals surface area contributed by atoms with Crippen molar-refractivity contribution in [3.8, 4) is 23.3 Å². The summed E-state index contributed by atoms with van der Waals surface area (Å²) < 4.78 is 48.8. The van der Waals surface area contributed by atoms with E-state index in [2.05, 4.69) is 11.8 Å². The van der Waals surface area contributed by atoms with Crippen LogP contribution in [0.25, 0.3) is 0 Å². The zero-order valence-electron chi connectivity index (χ0n) is 17.0. The second kappa shape index (κ2) is 9.57. The number of unbranched alkanes of at least 4 members (excludes halogenated alkanes) is 1. The molecule has 2 aromatic carbocycles. The maximum atomic E-state index is 12.5. The summed E-state index contributed by atoms with van der Waals surface area (Å²) in [5.41, 5.74) is -0.748. The molecule has 0 aliphatic heterocycles. The largest absolute Gasteiger partial charge is 0.494 e. The number of alkyl halides is 3. The Labute approximate surface area is 173 Å². The van der Waals surface area contributed by atoms with E-state index in [-0.39, 0.29) is 0 Å². The number of rotatable bonds is 7. The normalized spacial score (nSPS) is 11.4. The molecule has 160 valence electrons. The lowest BCUT2D eigenvalue weighted by Crippen LogP contribution is -2.38. The van der Waals surface area contributed by atoms with Crippen molar-refractivity contribution in [1.29, 1.82) is 0 Å². The van der Waals surface area contributed by atoms with E-state index in [1.54, 1.807) is 25.1 Å². The standard InChI is InChI=1S/C23H23F3O4/c1-16-15-19(12-13-20(16)30-22(2,3)21(27)28)29-14-6-4-5-7-17-8-10-18(11-9-17)23(24,25)26/h8-13,15H,4,6,14H2,1-3H3,(H,27,28). The van der Waals surface area contributed by atoms with E-state index in [0.29, 0.717) is 36.5 Å². The van der Waals surface area contributed by atoms with Gasteiger partial charge in [0.1, 0.15) is 11.5 Å². The molecule has 0 unspecified atom stereocenters. The Kier molecular flexibility index (Phi) is 7.38. The molecule has 0 atom stereocenters. The molecule has 30 heavy (non-hydrogen) atoms. The molecule has 4 nitrogen and oxygen atoms in total. The van der Waals surface area contributed by atoms with Crippen LogP contribution >= 0.6 is 0 Å². The van der Waals surface area contributed by atoms with Gasteiger partial charge in [-0.2, -0.15) is 13.2 Å². The van der Waals surface area contributed by atoms with Crippen LogP contribution in [-0.2, 0) is 11.0 Å². The van der Waals surface area contributed by atoms with Crippen LogP contribution in [-0.4, -0.2) is 23.3 Å². The van der Waals surface area contributed by atoms with Gasteiger partial charge in [-0.3, -0.25) is 0 Å². The van der Waals surface area contributed by atoms with Crippen molar-refractivity contribution in [2.45, 2.75) is 45.4 Å². The molecule has 0 saturated heterocycles. The fraction of sp³-hybridized carbons (Fsp3) is 0.348. The van der Waals surface area contributed by atoms with Gasteiger partial charge in [0, 0.05) is 12.0 Å². The third kappa shape index (κ3) is 6.73. The van der Waals surface area contributed by atoms with Crippen LogP contribution in [0, 0.1) is 18.8 Å². The lowest BCUT2D eigenvalue weighted by molar-refractivity contribution is -0.152. The molecule has 0 spiro atoms. The molecule has 0 radical (unpaired) electrons. The predicted octanol–water partition coefficient (Wildman–Crippen LogP) is 5.47. The van der Waals surface area contributed by atoms with Crippen molar-refractivity contribution in [1.82, 2.24) is 0 Å². The second-order valence-corrected chi connectivity index (χ2v) is 7.17. The van der Waals surface area contributed by atoms with Crippen molar-refractivity contribution in [2.75, 3.05) is 6.61 Å². The summed E-state index contributed by atoms with van der Waals surface area (Å²) >= 11 is 0. The lowest BCUT2D eigenvalue weighted by atomic mass is 10.1. The van der Waals surface area contributed by atoms with Gasteiger partial charge in [-0.25, -0.2) is 4.79 Å². The van der Waals surface area contributed by atoms with Crippen molar-refractivity contribution in [3.05, 3.63) is 59.2 Å². The van der Waals surface area contributed by atoms with Gasteiger partial charge in [0.2, 0.25) is 0 Å². The summed E-state index contributed by atoms with van der Waals surface area (Å²) in [6, 6.07) is 9.87. The first-order chi connectivity index (χ1) is 14.0. The third-order valence-electron chi connectivity index (χ3n) is 4.19. The average Bonchev–Trinajstić information content (AvgIpc) is 2.66. The van der Waals surface area contributed by atoms with Gasteiger partial charge in [-0.05, 0) is 75.2 Å². The third-order valence-corrected chi connectivity index (χ3v) is 4.19. The van der Waals surface area contributed by atoms with Crippen LogP contribution < -0.4 is 9.47 Å². The summed E-state index contributed by atoms with van der Waals surface area (Å²) in [5, 5.41) is 9.15. The summed E-state index contributed by atoms with van der Waals surface area (Å²) in [5.74, 6) is 5.79. The molecule has 0 bridgehead atoms. The molecule has 0 amide bonds. The van der Waals surface area contributed by atoms with Gasteiger partial charge in [0.25, 0.3) is 0 Å². The highest BCUT2D eigenvalue weighted by Crippen LogP contribution is 2.29. The Balaban J connectivity index is 1.81. The van der Waals surface area contributed by atoms with Gasteiger partial charge in [-0.15, -0.1) is 0 Å². The SMILES string of the molecule is Cc1cc(OCCCC#Cc2ccc(C(F)(F)F)cc2)ccc1OC(C)(C)C(=O)O. The maximum absolute atomic E-state index is 12.5. The van der Waals surface area contributed by atoms with E-state index in [1.165, 1.54) is 26.0 Å². The smallest absolute Gasteiger partial charge is 0.416 e. The van der Waals surface area contributed by atoms with Gasteiger partial charge >= 0.3 is 12.1 Å². The highest BCUT2D eigenvalue weighted by Gasteiger charge is 2.30. The number of carbonyl (C=O) groups is 1. The number of benzene rings is 2. The molecule has 2 rings (SSSR count). The van der Waals surface area contributed by atoms with Crippen LogP contribution in [0.3, 0.4) is 0 Å². The first-order valence-electron chi connectivity index (χ1n) is 9.31. The monoisotopic (exact) mass is 420 g/mol. The number of aliphatic carboxylic acids is 1. The Hall–Kier alpha value is -3.14. The molecule has 2 aromatic rings. The average molecular weight is 420 g/mol. The van der Waals surface area contributed by atoms with Crippen LogP contribution in [0.1, 0.15) is 43.4 Å². The second-order valence-electron chi connectivity index (χ2n) is 7.17. The number of hydrogen-bond donors (Lipinski definition) is 1. The summed E-state index contributed by atoms with van der Waals surface area (Å²) in [4.78, 5) is 11.2. The zero-order valence-corrected chi connectivity index (χ0v) is 17.0. The van der Waals surface area contributed by atoms with Crippen LogP contribution in [0.5, 0.6) is 11.5 Å². The van der Waals surface area contributed by atoms with Crippen molar-refractivity contribution in [2.24, 2.45) is 0 Å². The van der Waals surface area contributed by atoms with Crippen LogP contribution in [0.4, 0.5) is 13.2 Å². The Morgan fingerprint density at radius 3 is 2.33 bits per heavy atom. The Morgan fingerprint density at radius 2 is 1.77 bits per heavy atom. The minimum absolute atomic E-state index is 0.419. The highest BCUT2D eigenvalue weighted by molar-refractivity contribution is 5.76. The number of halogens is 3. The van der Waals surface area contributed by atoms with Gasteiger partial charge < -0.3 is 14.6 Å². The first kappa shape index (κ1) is 23.1. The fourth-order valence-electron chi connectivity index (χ4n) is 2.40. The Morgan fingerprint density at radius 1 is 1.10 bits per heavy atom. The fourth-order valence-corrected chi connectivity index (χ4v) is 2.40. The van der Waals surface area contributed by atoms with E-state index in [9.17, 15) is 18.0 Å². The molecule has 0 saturated carbocycles. The molecule has 0 aromatic heterocycles. The summed E-state index contributed by atoms with van der Waals surface area (Å²) in [6.45, 7) is 5.17. The maximum Gasteiger partial charge on any atom is 0.416 e. The topological polar surface area (TPSA) is 55.8 Å². The van der Waals surface area contributed by atoms with Gasteiger partial charge in [-0.1, -0.05) is 11.8 Å². The first-order valence-corrected chi connectivity index (χ1v) is 9.31. The highest BCUT2D eigenvalue weighted by atomic mass is 19.4. The van der Waals surface area contributed by atoms with Crippen LogP contribution in [0.15, 0.2) is 42.5 Å². The number of carboxylic acid groups (broad SMARTS) is 1. The molecule has 1 N–H and O–H groups in total. The summed E-state index contributed by atoms with van der Waals surface area (Å²) in [7, 11) is 0. The van der Waals surface area contributed by atoms with E-state index in [0.717, 1.165) is 17.7 Å². The minimum atomic E-state index is -4.35. The van der Waals surface area contributed by atoms with E-state index in [4.69, 9.17) is 14.6 Å². The Bertz CT molecular complexity index is 936. The van der Waals surface area contributed by atoms with Crippen LogP contribution in [0.2, 0.25) is 0 Å². The molecule has 0 aliphatic rings. The number of aryl methyl sites for hydroxylation is 1. The van der Waals surface area contributed by atoms with E-state index in [1.807, 2.05) is 0 Å². The number of carboxylic acids is 1. The van der Waals surface area contributed by atoms with Crippen molar-refractivity contribution in [3.63, 3.8) is 0 Å². The predicted molar refractivity (Wildman–Crippen MR) is 107 cm³/mol. The van der Waals surface area contributed by atoms with E-state index < -0.39 is 23.3 Å². The minimum Gasteiger partial charge on any atom is -0.494 e. The molecule has 0 heterocycles. The van der Waals surface area contributed by atoms with E-state index >= 15 is 0 Å². The quantitative estimate of drug-likeness (QED) is 0.477.